The molecule has 0 spiro atoms. The highest BCUT2D eigenvalue weighted by molar-refractivity contribution is 6.01. The predicted octanol–water partition coefficient (Wildman–Crippen LogP) is 6.69. The van der Waals surface area contributed by atoms with Gasteiger partial charge in [0.2, 0.25) is 0 Å². The smallest absolute Gasteiger partial charge is 0.254 e. The van der Waals surface area contributed by atoms with E-state index in [9.17, 15) is 4.79 Å². The molecule has 0 N–H and O–H groups in total. The van der Waals surface area contributed by atoms with E-state index in [0.29, 0.717) is 5.92 Å². The summed E-state index contributed by atoms with van der Waals surface area (Å²) >= 11 is 0. The van der Waals surface area contributed by atoms with E-state index in [1.165, 1.54) is 5.56 Å². The summed E-state index contributed by atoms with van der Waals surface area (Å²) in [5.74, 6) is 1.29. The average Bonchev–Trinajstić information content (AvgIpc) is 3.24. The molecule has 180 valence electrons. The molecule has 4 aromatic rings. The molecule has 0 bridgehead atoms. The van der Waals surface area contributed by atoms with Gasteiger partial charge in [0.15, 0.2) is 11.5 Å². The Kier molecular flexibility index (Phi) is 6.42. The number of benzene rings is 2. The number of hydrogen-bond acceptors (Lipinski definition) is 4. The van der Waals surface area contributed by atoms with Crippen molar-refractivity contribution in [3.8, 4) is 11.1 Å². The number of amides is 1. The fourth-order valence-corrected chi connectivity index (χ4v) is 5.36. The molecule has 3 heterocycles. The Morgan fingerprint density at radius 1 is 1.06 bits per heavy atom. The van der Waals surface area contributed by atoms with E-state index in [4.69, 9.17) is 9.40 Å². The quantitative estimate of drug-likeness (QED) is 0.328. The molecule has 2 atom stereocenters. The molecule has 0 unspecified atom stereocenters. The summed E-state index contributed by atoms with van der Waals surface area (Å²) in [6.07, 6.45) is 5.53. The molecule has 0 saturated carbocycles. The van der Waals surface area contributed by atoms with Crippen LogP contribution >= 0.6 is 0 Å². The summed E-state index contributed by atoms with van der Waals surface area (Å²) in [6, 6.07) is 16.5. The second kappa shape index (κ2) is 9.65. The minimum Gasteiger partial charge on any atom is -0.441 e. The molecule has 1 aliphatic rings. The Hall–Kier alpha value is -3.47. The molecule has 1 fully saturated rings. The second-order valence-electron chi connectivity index (χ2n) is 10.0. The minimum atomic E-state index is 0.114. The molecule has 1 aliphatic heterocycles. The van der Waals surface area contributed by atoms with E-state index in [-0.39, 0.29) is 11.9 Å². The van der Waals surface area contributed by atoms with Gasteiger partial charge < -0.3 is 9.32 Å². The van der Waals surface area contributed by atoms with Gasteiger partial charge in [-0.25, -0.2) is 4.98 Å². The van der Waals surface area contributed by atoms with Gasteiger partial charge in [0, 0.05) is 36.5 Å². The SMILES string of the molecule is Cc1ccc(-c2ccnc(C)c2)c(C(=O)N2CCC[C@@H](C)[C@H]2CCc2nc3cc(C)ccc3o2)c1. The van der Waals surface area contributed by atoms with Gasteiger partial charge in [-0.05, 0) is 93.0 Å². The lowest BCUT2D eigenvalue weighted by Crippen LogP contribution is -2.48. The number of nitrogens with zero attached hydrogens (tertiary/aromatic N) is 3. The maximum absolute atomic E-state index is 14.0. The van der Waals surface area contributed by atoms with Crippen LogP contribution in [0.2, 0.25) is 0 Å². The van der Waals surface area contributed by atoms with Gasteiger partial charge in [-0.2, -0.15) is 0 Å². The van der Waals surface area contributed by atoms with Crippen LogP contribution in [0.25, 0.3) is 22.2 Å². The third-order valence-electron chi connectivity index (χ3n) is 7.23. The number of aryl methyl sites for hydroxylation is 4. The van der Waals surface area contributed by atoms with Crippen molar-refractivity contribution in [2.75, 3.05) is 6.54 Å². The third-order valence-corrected chi connectivity index (χ3v) is 7.23. The van der Waals surface area contributed by atoms with Crippen molar-refractivity contribution in [3.05, 3.63) is 83.0 Å². The van der Waals surface area contributed by atoms with E-state index < -0.39 is 0 Å². The summed E-state index contributed by atoms with van der Waals surface area (Å²) in [7, 11) is 0. The van der Waals surface area contributed by atoms with Gasteiger partial charge in [-0.15, -0.1) is 0 Å². The largest absolute Gasteiger partial charge is 0.441 e. The van der Waals surface area contributed by atoms with Crippen LogP contribution in [0.5, 0.6) is 0 Å². The van der Waals surface area contributed by atoms with Crippen molar-refractivity contribution in [1.29, 1.82) is 0 Å². The fourth-order valence-electron chi connectivity index (χ4n) is 5.36. The number of fused-ring (bicyclic) bond motifs is 1. The Bertz CT molecular complexity index is 1370. The first-order valence-electron chi connectivity index (χ1n) is 12.6. The molecule has 0 radical (unpaired) electrons. The van der Waals surface area contributed by atoms with Crippen molar-refractivity contribution in [2.24, 2.45) is 5.92 Å². The maximum Gasteiger partial charge on any atom is 0.254 e. The van der Waals surface area contributed by atoms with Crippen LogP contribution in [-0.4, -0.2) is 33.4 Å². The maximum atomic E-state index is 14.0. The normalized spacial score (nSPS) is 18.2. The number of rotatable bonds is 5. The van der Waals surface area contributed by atoms with Gasteiger partial charge in [-0.3, -0.25) is 9.78 Å². The fraction of sp³-hybridized carbons (Fsp3) is 0.367. The second-order valence-corrected chi connectivity index (χ2v) is 10.0. The highest BCUT2D eigenvalue weighted by atomic mass is 16.3. The molecule has 5 heteroatoms. The highest BCUT2D eigenvalue weighted by Gasteiger charge is 2.33. The van der Waals surface area contributed by atoms with Crippen molar-refractivity contribution in [1.82, 2.24) is 14.9 Å². The monoisotopic (exact) mass is 467 g/mol. The molecule has 0 aliphatic carbocycles. The number of carbonyl (C=O) groups excluding carboxylic acids is 1. The molecule has 35 heavy (non-hydrogen) atoms. The standard InChI is InChI=1S/C30H33N3O2/c1-19-7-9-24(23-13-14-31-22(4)18-23)25(16-19)30(34)33-15-5-6-21(3)27(33)10-12-29-32-26-17-20(2)8-11-28(26)35-29/h7-9,11,13-14,16-18,21,27H,5-6,10,12,15H2,1-4H3/t21-,27-/m1/s1. The number of hydrogen-bond donors (Lipinski definition) is 0. The van der Waals surface area contributed by atoms with E-state index >= 15 is 0 Å². The Labute approximate surface area is 207 Å². The van der Waals surface area contributed by atoms with Crippen LogP contribution in [0.3, 0.4) is 0 Å². The van der Waals surface area contributed by atoms with Crippen LogP contribution in [0.15, 0.2) is 59.1 Å². The summed E-state index contributed by atoms with van der Waals surface area (Å²) < 4.78 is 6.01. The zero-order valence-electron chi connectivity index (χ0n) is 21.0. The number of aromatic nitrogens is 2. The van der Waals surface area contributed by atoms with E-state index in [2.05, 4.69) is 41.9 Å². The lowest BCUT2D eigenvalue weighted by Gasteiger charge is -2.40. The van der Waals surface area contributed by atoms with Gasteiger partial charge in [0.1, 0.15) is 5.52 Å². The average molecular weight is 468 g/mol. The van der Waals surface area contributed by atoms with Crippen molar-refractivity contribution < 1.29 is 9.21 Å². The molecule has 1 saturated heterocycles. The number of piperidine rings is 1. The summed E-state index contributed by atoms with van der Waals surface area (Å²) in [4.78, 5) is 25.2. The first kappa shape index (κ1) is 23.3. The molecule has 2 aromatic heterocycles. The lowest BCUT2D eigenvalue weighted by atomic mass is 9.86. The zero-order chi connectivity index (χ0) is 24.5. The van der Waals surface area contributed by atoms with E-state index in [1.54, 1.807) is 0 Å². The van der Waals surface area contributed by atoms with Gasteiger partial charge in [0.25, 0.3) is 5.91 Å². The minimum absolute atomic E-state index is 0.114. The van der Waals surface area contributed by atoms with Crippen molar-refractivity contribution in [2.45, 2.75) is 59.4 Å². The van der Waals surface area contributed by atoms with Crippen LogP contribution in [0, 0.1) is 26.7 Å². The zero-order valence-corrected chi connectivity index (χ0v) is 21.0. The highest BCUT2D eigenvalue weighted by Crippen LogP contribution is 2.32. The Morgan fingerprint density at radius 3 is 2.69 bits per heavy atom. The Balaban J connectivity index is 1.42. The van der Waals surface area contributed by atoms with E-state index in [0.717, 1.165) is 77.2 Å². The topological polar surface area (TPSA) is 59.2 Å². The molecule has 5 rings (SSSR count). The van der Waals surface area contributed by atoms with E-state index in [1.807, 2.05) is 50.4 Å². The molecular formula is C30H33N3O2. The van der Waals surface area contributed by atoms with Crippen LogP contribution in [0.1, 0.15) is 59.3 Å². The van der Waals surface area contributed by atoms with Crippen LogP contribution < -0.4 is 0 Å². The third kappa shape index (κ3) is 4.86. The first-order chi connectivity index (χ1) is 16.9. The lowest BCUT2D eigenvalue weighted by molar-refractivity contribution is 0.0497. The number of likely N-dealkylation sites (tertiary alicyclic amines) is 1. The van der Waals surface area contributed by atoms with Crippen molar-refractivity contribution in [3.63, 3.8) is 0 Å². The summed E-state index contributed by atoms with van der Waals surface area (Å²) in [5, 5.41) is 0. The number of pyridine rings is 1. The molecule has 5 nitrogen and oxygen atoms in total. The van der Waals surface area contributed by atoms with Gasteiger partial charge in [-0.1, -0.05) is 30.7 Å². The summed E-state index contributed by atoms with van der Waals surface area (Å²) in [5.41, 5.74) is 7.71. The molecular weight excluding hydrogens is 434 g/mol. The summed E-state index contributed by atoms with van der Waals surface area (Å²) in [6.45, 7) is 9.14. The molecule has 2 aromatic carbocycles. The number of carbonyl (C=O) groups is 1. The van der Waals surface area contributed by atoms with Crippen LogP contribution in [0.4, 0.5) is 0 Å². The Morgan fingerprint density at radius 2 is 1.86 bits per heavy atom. The first-order valence-corrected chi connectivity index (χ1v) is 12.6. The predicted molar refractivity (Wildman–Crippen MR) is 139 cm³/mol. The molecule has 1 amide bonds. The van der Waals surface area contributed by atoms with Gasteiger partial charge >= 0.3 is 0 Å². The number of oxazole rings is 1. The van der Waals surface area contributed by atoms with Crippen LogP contribution in [-0.2, 0) is 6.42 Å². The van der Waals surface area contributed by atoms with Crippen molar-refractivity contribution >= 4 is 17.0 Å². The van der Waals surface area contributed by atoms with Gasteiger partial charge in [0.05, 0.1) is 0 Å².